The van der Waals surface area contributed by atoms with Crippen LogP contribution in [0.15, 0.2) is 35.4 Å². The first-order valence-corrected chi connectivity index (χ1v) is 5.59. The molecule has 0 aliphatic carbocycles. The van der Waals surface area contributed by atoms with E-state index in [-0.39, 0.29) is 0 Å². The largest absolute Gasteiger partial charge is 0.350 e. The van der Waals surface area contributed by atoms with Crippen molar-refractivity contribution in [1.29, 1.82) is 0 Å². The van der Waals surface area contributed by atoms with Gasteiger partial charge in [-0.2, -0.15) is 5.10 Å². The highest BCUT2D eigenvalue weighted by atomic mass is 32.2. The topological polar surface area (TPSA) is 58.7 Å². The molecule has 2 N–H and O–H groups in total. The van der Waals surface area contributed by atoms with Crippen molar-refractivity contribution in [3.05, 3.63) is 35.9 Å². The lowest BCUT2D eigenvalue weighted by atomic mass is 10.2. The quantitative estimate of drug-likeness (QED) is 0.471. The molecule has 0 aromatic heterocycles. The van der Waals surface area contributed by atoms with Crippen molar-refractivity contribution in [3.63, 3.8) is 0 Å². The van der Waals surface area contributed by atoms with Crippen molar-refractivity contribution < 1.29 is 4.79 Å². The van der Waals surface area contributed by atoms with Gasteiger partial charge in [-0.05, 0) is 6.26 Å². The second kappa shape index (κ2) is 5.41. The van der Waals surface area contributed by atoms with E-state index >= 15 is 0 Å². The first kappa shape index (κ1) is 11.6. The maximum absolute atomic E-state index is 10.8. The number of hydrazone groups is 1. The van der Waals surface area contributed by atoms with Gasteiger partial charge < -0.3 is 5.73 Å². The zero-order valence-corrected chi connectivity index (χ0v) is 9.49. The number of thioether (sulfide) groups is 1. The van der Waals surface area contributed by atoms with Gasteiger partial charge in [0.25, 0.3) is 0 Å². The number of hydrogen-bond acceptors (Lipinski definition) is 3. The third-order valence-corrected chi connectivity index (χ3v) is 2.48. The molecule has 0 heterocycles. The van der Waals surface area contributed by atoms with Gasteiger partial charge in [0.2, 0.25) is 0 Å². The maximum Gasteiger partial charge on any atom is 0.334 e. The molecule has 1 aromatic rings. The Labute approximate surface area is 93.1 Å². The maximum atomic E-state index is 10.8. The molecule has 0 radical (unpaired) electrons. The third kappa shape index (κ3) is 3.28. The molecular formula is C10H13N3OS. The van der Waals surface area contributed by atoms with Crippen LogP contribution in [0.3, 0.4) is 0 Å². The molecule has 1 aromatic carbocycles. The second-order valence-corrected chi connectivity index (χ2v) is 3.63. The van der Waals surface area contributed by atoms with Crippen molar-refractivity contribution in [2.45, 2.75) is 0 Å². The Bertz CT molecular complexity index is 364. The smallest absolute Gasteiger partial charge is 0.334 e. The van der Waals surface area contributed by atoms with Gasteiger partial charge in [-0.3, -0.25) is 0 Å². The van der Waals surface area contributed by atoms with Crippen LogP contribution in [-0.4, -0.2) is 29.4 Å². The fourth-order valence-corrected chi connectivity index (χ4v) is 1.56. The lowest BCUT2D eigenvalue weighted by Crippen LogP contribution is -2.28. The summed E-state index contributed by atoms with van der Waals surface area (Å²) in [6.45, 7) is 0. The van der Waals surface area contributed by atoms with E-state index in [1.165, 1.54) is 18.8 Å². The summed E-state index contributed by atoms with van der Waals surface area (Å²) in [6.07, 6.45) is 1.90. The van der Waals surface area contributed by atoms with Gasteiger partial charge in [-0.1, -0.05) is 30.3 Å². The molecule has 0 aliphatic rings. The van der Waals surface area contributed by atoms with Crippen LogP contribution in [0.1, 0.15) is 5.56 Å². The molecule has 0 unspecified atom stereocenters. The number of amides is 2. The Morgan fingerprint density at radius 3 is 2.47 bits per heavy atom. The number of nitrogens with two attached hydrogens (primary N) is 1. The van der Waals surface area contributed by atoms with Gasteiger partial charge in [-0.25, -0.2) is 9.80 Å². The van der Waals surface area contributed by atoms with Crippen LogP contribution in [0.2, 0.25) is 0 Å². The van der Waals surface area contributed by atoms with Crippen molar-refractivity contribution in [1.82, 2.24) is 5.01 Å². The van der Waals surface area contributed by atoms with Gasteiger partial charge >= 0.3 is 6.03 Å². The highest BCUT2D eigenvalue weighted by molar-refractivity contribution is 8.13. The van der Waals surface area contributed by atoms with E-state index < -0.39 is 6.03 Å². The molecule has 5 heteroatoms. The van der Waals surface area contributed by atoms with E-state index in [1.54, 1.807) is 0 Å². The number of hydrogen-bond donors (Lipinski definition) is 1. The Morgan fingerprint density at radius 2 is 2.00 bits per heavy atom. The summed E-state index contributed by atoms with van der Waals surface area (Å²) in [7, 11) is 1.53. The zero-order valence-electron chi connectivity index (χ0n) is 8.68. The molecular weight excluding hydrogens is 210 g/mol. The van der Waals surface area contributed by atoms with Gasteiger partial charge in [0.15, 0.2) is 0 Å². The highest BCUT2D eigenvalue weighted by Gasteiger charge is 2.05. The lowest BCUT2D eigenvalue weighted by molar-refractivity contribution is 0.220. The molecule has 1 rings (SSSR count). The normalized spacial score (nSPS) is 11.2. The van der Waals surface area contributed by atoms with Crippen molar-refractivity contribution in [3.8, 4) is 0 Å². The Hall–Kier alpha value is -1.49. The zero-order chi connectivity index (χ0) is 11.3. The Morgan fingerprint density at radius 1 is 1.40 bits per heavy atom. The third-order valence-electron chi connectivity index (χ3n) is 1.77. The van der Waals surface area contributed by atoms with Crippen molar-refractivity contribution in [2.24, 2.45) is 10.8 Å². The molecule has 0 atom stereocenters. The number of carbonyl (C=O) groups excluding carboxylic acids is 1. The Kier molecular flexibility index (Phi) is 4.17. The lowest BCUT2D eigenvalue weighted by Gasteiger charge is -2.10. The summed E-state index contributed by atoms with van der Waals surface area (Å²) < 4.78 is 0. The molecule has 15 heavy (non-hydrogen) atoms. The molecule has 0 aliphatic heterocycles. The average molecular weight is 223 g/mol. The molecule has 4 nitrogen and oxygen atoms in total. The molecule has 0 spiro atoms. The molecule has 0 saturated carbocycles. The van der Waals surface area contributed by atoms with Gasteiger partial charge in [0, 0.05) is 12.6 Å². The summed E-state index contributed by atoms with van der Waals surface area (Å²) in [5, 5.41) is 5.99. The van der Waals surface area contributed by atoms with Crippen LogP contribution >= 0.6 is 11.8 Å². The van der Waals surface area contributed by atoms with Crippen LogP contribution in [-0.2, 0) is 0 Å². The van der Waals surface area contributed by atoms with Crippen LogP contribution < -0.4 is 5.73 Å². The van der Waals surface area contributed by atoms with Crippen molar-refractivity contribution >= 4 is 22.8 Å². The molecule has 80 valence electrons. The molecule has 0 fully saturated rings. The van der Waals surface area contributed by atoms with Crippen LogP contribution in [0, 0.1) is 0 Å². The van der Waals surface area contributed by atoms with E-state index in [4.69, 9.17) is 5.73 Å². The van der Waals surface area contributed by atoms with Gasteiger partial charge in [0.1, 0.15) is 5.04 Å². The number of rotatable bonds is 2. The fourth-order valence-electron chi connectivity index (χ4n) is 0.983. The summed E-state index contributed by atoms with van der Waals surface area (Å²) in [5.41, 5.74) is 6.06. The summed E-state index contributed by atoms with van der Waals surface area (Å²) in [6, 6.07) is 9.07. The minimum absolute atomic E-state index is 0.572. The summed E-state index contributed by atoms with van der Waals surface area (Å²) in [5.74, 6) is 0. The monoisotopic (exact) mass is 223 g/mol. The van der Waals surface area contributed by atoms with Gasteiger partial charge in [-0.15, -0.1) is 11.8 Å². The number of benzene rings is 1. The number of primary amides is 1. The predicted octanol–water partition coefficient (Wildman–Crippen LogP) is 1.72. The minimum atomic E-state index is -0.572. The Balaban J connectivity index is 2.94. The number of urea groups is 1. The van der Waals surface area contributed by atoms with Crippen LogP contribution in [0.25, 0.3) is 0 Å². The number of carbonyl (C=O) groups is 1. The summed E-state index contributed by atoms with van der Waals surface area (Å²) >= 11 is 1.47. The SMILES string of the molecule is CS/C(=N\N(C)C(N)=O)c1ccccc1. The standard InChI is InChI=1S/C10H13N3OS/c1-13(10(11)14)12-9(15-2)8-6-4-3-5-7-8/h3-7H,1-2H3,(H2,11,14)/b12-9-. The van der Waals surface area contributed by atoms with Gasteiger partial charge in [0.05, 0.1) is 0 Å². The van der Waals surface area contributed by atoms with E-state index in [2.05, 4.69) is 5.10 Å². The number of nitrogens with zero attached hydrogens (tertiary/aromatic N) is 2. The predicted molar refractivity (Wildman–Crippen MR) is 63.8 cm³/mol. The van der Waals surface area contributed by atoms with E-state index in [0.29, 0.717) is 0 Å². The van der Waals surface area contributed by atoms with E-state index in [0.717, 1.165) is 15.6 Å². The van der Waals surface area contributed by atoms with Crippen LogP contribution in [0.4, 0.5) is 4.79 Å². The highest BCUT2D eigenvalue weighted by Crippen LogP contribution is 2.11. The van der Waals surface area contributed by atoms with E-state index in [9.17, 15) is 4.79 Å². The van der Waals surface area contributed by atoms with E-state index in [1.807, 2.05) is 36.6 Å². The van der Waals surface area contributed by atoms with Crippen LogP contribution in [0.5, 0.6) is 0 Å². The molecule has 0 saturated heterocycles. The first-order chi connectivity index (χ1) is 7.15. The molecule has 0 bridgehead atoms. The summed E-state index contributed by atoms with van der Waals surface area (Å²) in [4.78, 5) is 10.8. The average Bonchev–Trinajstić information content (AvgIpc) is 2.26. The first-order valence-electron chi connectivity index (χ1n) is 4.36. The fraction of sp³-hybridized carbons (Fsp3) is 0.200. The van der Waals surface area contributed by atoms with Crippen molar-refractivity contribution in [2.75, 3.05) is 13.3 Å². The second-order valence-electron chi connectivity index (χ2n) is 2.84. The minimum Gasteiger partial charge on any atom is -0.350 e. The molecule has 2 amide bonds.